The molecule has 0 fully saturated rings. The van der Waals surface area contributed by atoms with Gasteiger partial charge in [0, 0.05) is 5.56 Å². The summed E-state index contributed by atoms with van der Waals surface area (Å²) in [4.78, 5) is 11.5. The predicted octanol–water partition coefficient (Wildman–Crippen LogP) is 2.59. The average Bonchev–Trinajstić information content (AvgIpc) is 2.53. The number of methoxy groups -OCH3 is 2. The number of aromatic hydroxyl groups is 1. The number of hydrogen-bond acceptors (Lipinski definition) is 4. The van der Waals surface area contributed by atoms with Crippen molar-refractivity contribution in [2.75, 3.05) is 14.2 Å². The van der Waals surface area contributed by atoms with Crippen molar-refractivity contribution in [3.8, 4) is 23.3 Å². The third kappa shape index (κ3) is 3.54. The lowest BCUT2D eigenvalue weighted by Crippen LogP contribution is -2.01. The Labute approximate surface area is 122 Å². The smallest absolute Gasteiger partial charge is 0.337 e. The number of rotatable bonds is 2. The summed E-state index contributed by atoms with van der Waals surface area (Å²) in [5, 5.41) is 9.79. The van der Waals surface area contributed by atoms with Crippen LogP contribution in [0.4, 0.5) is 0 Å². The van der Waals surface area contributed by atoms with Gasteiger partial charge in [0.15, 0.2) is 0 Å². The second-order valence-electron chi connectivity index (χ2n) is 4.21. The van der Waals surface area contributed by atoms with E-state index in [0.717, 1.165) is 5.56 Å². The third-order valence-corrected chi connectivity index (χ3v) is 2.83. The van der Waals surface area contributed by atoms with Gasteiger partial charge in [0.25, 0.3) is 0 Å². The molecule has 0 aliphatic rings. The quantitative estimate of drug-likeness (QED) is 0.679. The Morgan fingerprint density at radius 2 is 1.90 bits per heavy atom. The minimum absolute atomic E-state index is 0.0121. The van der Waals surface area contributed by atoms with E-state index < -0.39 is 5.97 Å². The monoisotopic (exact) mass is 282 g/mol. The van der Waals surface area contributed by atoms with Crippen LogP contribution in [-0.2, 0) is 4.74 Å². The number of esters is 1. The zero-order valence-corrected chi connectivity index (χ0v) is 11.7. The molecule has 1 N–H and O–H groups in total. The minimum atomic E-state index is -0.473. The van der Waals surface area contributed by atoms with Crippen molar-refractivity contribution >= 4 is 5.97 Å². The van der Waals surface area contributed by atoms with Crippen LogP contribution in [0.25, 0.3) is 0 Å². The van der Waals surface area contributed by atoms with Crippen molar-refractivity contribution in [1.29, 1.82) is 0 Å². The molecule has 2 rings (SSSR count). The molecule has 0 atom stereocenters. The van der Waals surface area contributed by atoms with Crippen LogP contribution < -0.4 is 4.74 Å². The molecule has 2 aromatic rings. The summed E-state index contributed by atoms with van der Waals surface area (Å²) in [6, 6.07) is 11.7. The van der Waals surface area contributed by atoms with Gasteiger partial charge in [0.1, 0.15) is 11.5 Å². The largest absolute Gasteiger partial charge is 0.507 e. The predicted molar refractivity (Wildman–Crippen MR) is 78.4 cm³/mol. The summed E-state index contributed by atoms with van der Waals surface area (Å²) < 4.78 is 9.76. The molecular weight excluding hydrogens is 268 g/mol. The van der Waals surface area contributed by atoms with Crippen molar-refractivity contribution in [1.82, 2.24) is 0 Å². The highest BCUT2D eigenvalue weighted by Crippen LogP contribution is 2.18. The van der Waals surface area contributed by atoms with Crippen LogP contribution in [0.3, 0.4) is 0 Å². The van der Waals surface area contributed by atoms with Gasteiger partial charge in [0.05, 0.1) is 25.3 Å². The van der Waals surface area contributed by atoms with Gasteiger partial charge in [-0.3, -0.25) is 0 Å². The van der Waals surface area contributed by atoms with Crippen LogP contribution in [0.5, 0.6) is 11.5 Å². The van der Waals surface area contributed by atoms with Gasteiger partial charge >= 0.3 is 5.97 Å². The second-order valence-corrected chi connectivity index (χ2v) is 4.21. The number of carbonyl (C=O) groups is 1. The van der Waals surface area contributed by atoms with Crippen LogP contribution >= 0.6 is 0 Å². The standard InChI is InChI=1S/C17H14O4/c1-20-15-5-3-4-12(10-15)6-7-13-11-14(17(19)21-2)8-9-16(13)18/h3-5,8-11,18H,1-2H3. The molecule has 0 bridgehead atoms. The first-order valence-corrected chi connectivity index (χ1v) is 6.21. The SMILES string of the molecule is COC(=O)c1ccc(O)c(C#Cc2cccc(OC)c2)c1. The summed E-state index contributed by atoms with van der Waals surface area (Å²) in [6.07, 6.45) is 0. The van der Waals surface area contributed by atoms with Crippen molar-refractivity contribution in [3.63, 3.8) is 0 Å². The van der Waals surface area contributed by atoms with Crippen LogP contribution in [0.1, 0.15) is 21.5 Å². The van der Waals surface area contributed by atoms with Crippen LogP contribution in [-0.4, -0.2) is 25.3 Å². The number of phenolic OH excluding ortho intramolecular Hbond substituents is 1. The van der Waals surface area contributed by atoms with Gasteiger partial charge < -0.3 is 14.6 Å². The molecule has 0 spiro atoms. The van der Waals surface area contributed by atoms with E-state index in [0.29, 0.717) is 16.9 Å². The molecule has 0 aliphatic carbocycles. The van der Waals surface area contributed by atoms with E-state index in [2.05, 4.69) is 16.6 Å². The Morgan fingerprint density at radius 1 is 1.10 bits per heavy atom. The molecule has 0 aliphatic heterocycles. The molecule has 4 heteroatoms. The summed E-state index contributed by atoms with van der Waals surface area (Å²) in [5.41, 5.74) is 1.45. The van der Waals surface area contributed by atoms with E-state index in [-0.39, 0.29) is 5.75 Å². The Kier molecular flexibility index (Phi) is 4.47. The Balaban J connectivity index is 2.35. The van der Waals surface area contributed by atoms with Gasteiger partial charge in [-0.1, -0.05) is 17.9 Å². The molecule has 0 aromatic heterocycles. The maximum absolute atomic E-state index is 11.5. The molecular formula is C17H14O4. The van der Waals surface area contributed by atoms with E-state index in [9.17, 15) is 9.90 Å². The lowest BCUT2D eigenvalue weighted by molar-refractivity contribution is 0.0600. The summed E-state index contributed by atoms with van der Waals surface area (Å²) >= 11 is 0. The molecule has 0 saturated carbocycles. The van der Waals surface area contributed by atoms with Crippen molar-refractivity contribution in [3.05, 3.63) is 59.2 Å². The molecule has 0 radical (unpaired) electrons. The summed E-state index contributed by atoms with van der Waals surface area (Å²) in [5.74, 6) is 6.00. The number of ether oxygens (including phenoxy) is 2. The first-order valence-electron chi connectivity index (χ1n) is 6.21. The van der Waals surface area contributed by atoms with Crippen molar-refractivity contribution in [2.24, 2.45) is 0 Å². The Morgan fingerprint density at radius 3 is 2.62 bits per heavy atom. The molecule has 0 heterocycles. The molecule has 21 heavy (non-hydrogen) atoms. The highest BCUT2D eigenvalue weighted by molar-refractivity contribution is 5.90. The lowest BCUT2D eigenvalue weighted by Gasteiger charge is -2.02. The maximum atomic E-state index is 11.5. The Bertz CT molecular complexity index is 723. The fourth-order valence-electron chi connectivity index (χ4n) is 1.72. The molecule has 106 valence electrons. The van der Waals surface area contributed by atoms with Gasteiger partial charge in [-0.25, -0.2) is 4.79 Å². The average molecular weight is 282 g/mol. The number of carbonyl (C=O) groups excluding carboxylic acids is 1. The fourth-order valence-corrected chi connectivity index (χ4v) is 1.72. The van der Waals surface area contributed by atoms with Gasteiger partial charge in [0.2, 0.25) is 0 Å². The van der Waals surface area contributed by atoms with E-state index in [4.69, 9.17) is 4.74 Å². The van der Waals surface area contributed by atoms with Crippen LogP contribution in [0.15, 0.2) is 42.5 Å². The molecule has 0 amide bonds. The number of phenols is 1. The zero-order valence-electron chi connectivity index (χ0n) is 11.7. The topological polar surface area (TPSA) is 55.8 Å². The number of hydrogen-bond donors (Lipinski definition) is 1. The maximum Gasteiger partial charge on any atom is 0.337 e. The van der Waals surface area contributed by atoms with Crippen molar-refractivity contribution < 1.29 is 19.4 Å². The lowest BCUT2D eigenvalue weighted by atomic mass is 10.1. The summed E-state index contributed by atoms with van der Waals surface area (Å²) in [7, 11) is 2.88. The Hall–Kier alpha value is -2.93. The summed E-state index contributed by atoms with van der Waals surface area (Å²) in [6.45, 7) is 0. The molecule has 0 saturated heterocycles. The number of benzene rings is 2. The van der Waals surface area contributed by atoms with Crippen molar-refractivity contribution in [2.45, 2.75) is 0 Å². The first kappa shape index (κ1) is 14.5. The fraction of sp³-hybridized carbons (Fsp3) is 0.118. The molecule has 2 aromatic carbocycles. The second kappa shape index (κ2) is 6.49. The third-order valence-electron chi connectivity index (χ3n) is 2.83. The normalized spacial score (nSPS) is 9.43. The van der Waals surface area contributed by atoms with E-state index in [1.54, 1.807) is 13.2 Å². The van der Waals surface area contributed by atoms with E-state index in [1.165, 1.54) is 25.3 Å². The van der Waals surface area contributed by atoms with E-state index >= 15 is 0 Å². The highest BCUT2D eigenvalue weighted by Gasteiger charge is 2.07. The van der Waals surface area contributed by atoms with Gasteiger partial charge in [-0.2, -0.15) is 0 Å². The first-order chi connectivity index (χ1) is 10.1. The van der Waals surface area contributed by atoms with E-state index in [1.807, 2.05) is 18.2 Å². The molecule has 0 unspecified atom stereocenters. The van der Waals surface area contributed by atoms with Crippen LogP contribution in [0, 0.1) is 11.8 Å². The van der Waals surface area contributed by atoms with Crippen LogP contribution in [0.2, 0.25) is 0 Å². The highest BCUT2D eigenvalue weighted by atomic mass is 16.5. The van der Waals surface area contributed by atoms with Gasteiger partial charge in [-0.15, -0.1) is 0 Å². The zero-order chi connectivity index (χ0) is 15.2. The van der Waals surface area contributed by atoms with Gasteiger partial charge in [-0.05, 0) is 36.4 Å². The minimum Gasteiger partial charge on any atom is -0.507 e. The molecule has 4 nitrogen and oxygen atoms in total.